The third-order valence-electron chi connectivity index (χ3n) is 16.5. The normalized spacial score (nSPS) is 12.2. The summed E-state index contributed by atoms with van der Waals surface area (Å²) in [4.78, 5) is 124. The summed E-state index contributed by atoms with van der Waals surface area (Å²) in [5.41, 5.74) is 43.0. The highest BCUT2D eigenvalue weighted by Gasteiger charge is 2.34. The van der Waals surface area contributed by atoms with Crippen molar-refractivity contribution in [2.24, 2.45) is 10.8 Å². The lowest BCUT2D eigenvalue weighted by Gasteiger charge is -2.18. The third-order valence-corrected chi connectivity index (χ3v) is 17.1. The standard InChI is InChI=1S/C18H18N2O2.2C13H6N2O5.2C13H10N2O.C5H9ClO/c1-18(2,3)17(22)20-11-5-7-13-12-6-4-10(19)8-14(12)16(21)15(13)9-11;2*16-13-11-5-7(14(17)18)1-3-9(11)10-4-2-8(15(19)20)6-12(10)13;2*14-7-1-3-9-10-4-2-8(15)6-12(10)13(16)11(9)5-7;1-5(2,3)4(6)7/h4-9H,19H2,1-3H3,(H,20,22);2*1-6H;2*1-6H,14-15H2;1-3H3. The molecule has 10 aromatic carbocycles. The fraction of sp³-hybridized carbons (Fsp3) is 0.107. The molecule has 11 N–H and O–H groups in total. The predicted octanol–water partition coefficient (Wildman–Crippen LogP) is 14.8. The minimum Gasteiger partial charge on any atom is -0.399 e. The zero-order valence-corrected chi connectivity index (χ0v) is 55.3. The summed E-state index contributed by atoms with van der Waals surface area (Å²) < 4.78 is 0. The number of ketones is 5. The van der Waals surface area contributed by atoms with Gasteiger partial charge in [0.25, 0.3) is 22.7 Å². The fourth-order valence-electron chi connectivity index (χ4n) is 11.3. The zero-order valence-electron chi connectivity index (χ0n) is 54.5. The van der Waals surface area contributed by atoms with Gasteiger partial charge in [-0.15, -0.1) is 0 Å². The number of nitro groups is 4. The van der Waals surface area contributed by atoms with Crippen LogP contribution in [0.2, 0.25) is 0 Å². The van der Waals surface area contributed by atoms with Gasteiger partial charge >= 0.3 is 0 Å². The van der Waals surface area contributed by atoms with Crippen molar-refractivity contribution in [2.75, 3.05) is 34.0 Å². The number of nitrogen functional groups attached to an aromatic ring is 5. The molecule has 0 radical (unpaired) electrons. The number of hydrogen-bond donors (Lipinski definition) is 6. The van der Waals surface area contributed by atoms with E-state index >= 15 is 0 Å². The van der Waals surface area contributed by atoms with E-state index in [-0.39, 0.29) is 78.9 Å². The molecule has 0 aromatic heterocycles. The highest BCUT2D eigenvalue weighted by Crippen LogP contribution is 2.44. The van der Waals surface area contributed by atoms with Crippen LogP contribution in [0.4, 0.5) is 56.9 Å². The number of fused-ring (bicyclic) bond motifs is 15. The van der Waals surface area contributed by atoms with Crippen LogP contribution in [0.25, 0.3) is 55.6 Å². The quantitative estimate of drug-likeness (QED) is 0.0403. The van der Waals surface area contributed by atoms with Crippen LogP contribution in [-0.4, -0.2) is 59.8 Å². The number of nitrogens with one attached hydrogen (secondary N) is 1. The lowest BCUT2D eigenvalue weighted by Crippen LogP contribution is -2.27. The van der Waals surface area contributed by atoms with Crippen molar-refractivity contribution in [3.05, 3.63) is 278 Å². The van der Waals surface area contributed by atoms with E-state index in [1.54, 1.807) is 87.5 Å². The molecule has 0 aliphatic heterocycles. The number of carbonyl (C=O) groups excluding carboxylic acids is 7. The Bertz CT molecular complexity index is 4840. The van der Waals surface area contributed by atoms with Crippen molar-refractivity contribution in [2.45, 2.75) is 41.5 Å². The molecular weight excluding hydrogens is 1320 g/mol. The van der Waals surface area contributed by atoms with Crippen molar-refractivity contribution in [3.8, 4) is 55.6 Å². The molecular formula is C75H59ClN10O15. The van der Waals surface area contributed by atoms with Crippen LogP contribution in [0.1, 0.15) is 121 Å². The van der Waals surface area contributed by atoms with Crippen molar-refractivity contribution in [1.82, 2.24) is 0 Å². The van der Waals surface area contributed by atoms with Crippen LogP contribution in [0, 0.1) is 51.3 Å². The number of non-ortho nitro benzene ring substituents is 4. The van der Waals surface area contributed by atoms with Gasteiger partial charge in [-0.05, 0) is 164 Å². The molecule has 0 heterocycles. The Balaban J connectivity index is 0.000000133. The average molecular weight is 1380 g/mol. The van der Waals surface area contributed by atoms with E-state index in [1.165, 1.54) is 72.8 Å². The smallest absolute Gasteiger partial charge is 0.270 e. The van der Waals surface area contributed by atoms with Gasteiger partial charge in [-0.2, -0.15) is 0 Å². The molecule has 0 fully saturated rings. The second kappa shape index (κ2) is 27.2. The van der Waals surface area contributed by atoms with E-state index in [0.717, 1.165) is 33.4 Å². The van der Waals surface area contributed by atoms with Gasteiger partial charge in [0, 0.05) is 149 Å². The minimum atomic E-state index is -0.584. The van der Waals surface area contributed by atoms with E-state index in [2.05, 4.69) is 5.32 Å². The molecule has 0 bridgehead atoms. The van der Waals surface area contributed by atoms with E-state index in [4.69, 9.17) is 40.3 Å². The van der Waals surface area contributed by atoms with Crippen LogP contribution < -0.4 is 34.0 Å². The second-order valence-corrected chi connectivity index (χ2v) is 26.0. The molecule has 1 amide bonds. The molecule has 0 saturated heterocycles. The highest BCUT2D eigenvalue weighted by atomic mass is 35.5. The fourth-order valence-corrected chi connectivity index (χ4v) is 11.3. The maximum Gasteiger partial charge on any atom is 0.270 e. The Labute approximate surface area is 579 Å². The average Bonchev–Trinajstić information content (AvgIpc) is 1.64. The van der Waals surface area contributed by atoms with Gasteiger partial charge < -0.3 is 34.0 Å². The number of carbonyl (C=O) groups is 7. The minimum absolute atomic E-state index is 0.00426. The molecule has 0 atom stereocenters. The zero-order chi connectivity index (χ0) is 73.6. The Kier molecular flexibility index (Phi) is 19.0. The van der Waals surface area contributed by atoms with Crippen LogP contribution in [-0.2, 0) is 9.59 Å². The van der Waals surface area contributed by atoms with Crippen LogP contribution in [0.15, 0.2) is 182 Å². The third kappa shape index (κ3) is 14.2. The molecule has 26 heteroatoms. The van der Waals surface area contributed by atoms with Gasteiger partial charge in [0.05, 0.1) is 19.7 Å². The monoisotopic (exact) mass is 1370 g/mol. The van der Waals surface area contributed by atoms with Crippen LogP contribution >= 0.6 is 11.6 Å². The summed E-state index contributed by atoms with van der Waals surface area (Å²) >= 11 is 5.11. The van der Waals surface area contributed by atoms with E-state index in [1.807, 2.05) is 63.2 Å². The summed E-state index contributed by atoms with van der Waals surface area (Å²) in [6.07, 6.45) is 0. The molecule has 506 valence electrons. The summed E-state index contributed by atoms with van der Waals surface area (Å²) in [5, 5.41) is 45.5. The first kappa shape index (κ1) is 70.4. The SMILES string of the molecule is CC(C)(C)C(=O)Cl.CC(C)(C)C(=O)Nc1ccc2c(c1)C(=O)c1cc(N)ccc1-2.Nc1ccc2c(c1)C(=O)c1cc(N)ccc1-2.Nc1ccc2c(c1)C(=O)c1cc(N)ccc1-2.O=C1c2cc([N+](=O)[O-])ccc2-c2ccc([N+](=O)[O-])cc21.O=C1c2cc([N+](=O)[O-])ccc2-c2ccc([N+](=O)[O-])cc21. The van der Waals surface area contributed by atoms with E-state index in [0.29, 0.717) is 89.8 Å². The Morgan fingerprint density at radius 3 is 0.663 bits per heavy atom. The number of anilines is 6. The first-order chi connectivity index (χ1) is 47.5. The Morgan fingerprint density at radius 1 is 0.297 bits per heavy atom. The number of amides is 1. The topological polar surface area (TPSA) is 434 Å². The number of nitrogens with zero attached hydrogens (tertiary/aromatic N) is 4. The molecule has 0 saturated carbocycles. The van der Waals surface area contributed by atoms with Crippen LogP contribution in [0.5, 0.6) is 0 Å². The molecule has 5 aliphatic carbocycles. The molecule has 101 heavy (non-hydrogen) atoms. The van der Waals surface area contributed by atoms with Gasteiger partial charge in [-0.25, -0.2) is 0 Å². The first-order valence-corrected chi connectivity index (χ1v) is 30.9. The second-order valence-electron chi connectivity index (χ2n) is 25.6. The van der Waals surface area contributed by atoms with Gasteiger partial charge in [0.1, 0.15) is 0 Å². The lowest BCUT2D eigenvalue weighted by atomic mass is 9.95. The molecule has 15 rings (SSSR count). The molecule has 5 aliphatic rings. The van der Waals surface area contributed by atoms with Gasteiger partial charge in [0.2, 0.25) is 11.1 Å². The van der Waals surface area contributed by atoms with Gasteiger partial charge in [-0.3, -0.25) is 74.0 Å². The number of benzene rings is 10. The number of nitro benzene ring substituents is 4. The van der Waals surface area contributed by atoms with Crippen molar-refractivity contribution in [1.29, 1.82) is 0 Å². The van der Waals surface area contributed by atoms with Crippen molar-refractivity contribution >= 4 is 109 Å². The molecule has 0 spiro atoms. The lowest BCUT2D eigenvalue weighted by molar-refractivity contribution is -0.385. The van der Waals surface area contributed by atoms with Crippen LogP contribution in [0.3, 0.4) is 0 Å². The summed E-state index contributed by atoms with van der Waals surface area (Å²) in [7, 11) is 0. The Morgan fingerprint density at radius 2 is 0.475 bits per heavy atom. The number of hydrogen-bond acceptors (Lipinski definition) is 20. The molecule has 0 unspecified atom stereocenters. The summed E-state index contributed by atoms with van der Waals surface area (Å²) in [6, 6.07) is 48.3. The van der Waals surface area contributed by atoms with E-state index in [9.17, 15) is 74.0 Å². The first-order valence-electron chi connectivity index (χ1n) is 30.5. The number of halogens is 1. The maximum absolute atomic E-state index is 12.5. The number of rotatable bonds is 5. The largest absolute Gasteiger partial charge is 0.399 e. The highest BCUT2D eigenvalue weighted by molar-refractivity contribution is 6.64. The van der Waals surface area contributed by atoms with Crippen molar-refractivity contribution in [3.63, 3.8) is 0 Å². The van der Waals surface area contributed by atoms with Gasteiger partial charge in [-0.1, -0.05) is 77.9 Å². The maximum atomic E-state index is 12.5. The van der Waals surface area contributed by atoms with Crippen molar-refractivity contribution < 1.29 is 53.3 Å². The predicted molar refractivity (Wildman–Crippen MR) is 384 cm³/mol. The molecule has 25 nitrogen and oxygen atoms in total. The summed E-state index contributed by atoms with van der Waals surface area (Å²) in [6.45, 7) is 10.9. The van der Waals surface area contributed by atoms with E-state index < -0.39 is 36.7 Å². The van der Waals surface area contributed by atoms with Gasteiger partial charge in [0.15, 0.2) is 28.9 Å². The number of nitrogens with two attached hydrogens (primary N) is 5. The molecule has 10 aromatic rings. The summed E-state index contributed by atoms with van der Waals surface area (Å²) in [5.74, 6) is -0.984. The Hall–Kier alpha value is -13.4.